The van der Waals surface area contributed by atoms with E-state index in [1.54, 1.807) is 12.1 Å². The number of halogens is 1. The lowest BCUT2D eigenvalue weighted by molar-refractivity contribution is -0.133. The molecule has 5 heteroatoms. The van der Waals surface area contributed by atoms with Crippen LogP contribution in [-0.4, -0.2) is 61.6 Å². The maximum Gasteiger partial charge on any atom is 0.226 e. The Balaban J connectivity index is 1.55. The zero-order valence-corrected chi connectivity index (χ0v) is 16.5. The first-order chi connectivity index (χ1) is 13.1. The van der Waals surface area contributed by atoms with Gasteiger partial charge in [0.05, 0.1) is 12.5 Å². The number of likely N-dealkylation sites (tertiary alicyclic amines) is 1. The monoisotopic (exact) mass is 376 g/mol. The van der Waals surface area contributed by atoms with Crippen LogP contribution in [0.4, 0.5) is 4.39 Å². The number of amides is 1. The molecular formula is C22H33FN2O2. The van der Waals surface area contributed by atoms with Crippen LogP contribution < -0.4 is 0 Å². The van der Waals surface area contributed by atoms with Crippen LogP contribution >= 0.6 is 0 Å². The molecule has 0 aromatic heterocycles. The van der Waals surface area contributed by atoms with Gasteiger partial charge in [0, 0.05) is 26.2 Å². The van der Waals surface area contributed by atoms with Crippen molar-refractivity contribution in [2.45, 2.75) is 44.6 Å². The van der Waals surface area contributed by atoms with Gasteiger partial charge in [0.15, 0.2) is 0 Å². The van der Waals surface area contributed by atoms with Crippen molar-refractivity contribution in [2.75, 3.05) is 39.8 Å². The smallest absolute Gasteiger partial charge is 0.226 e. The number of rotatable bonds is 11. The number of hydrogen-bond donors (Lipinski definition) is 0. The lowest BCUT2D eigenvalue weighted by atomic mass is 10.1. The highest BCUT2D eigenvalue weighted by Crippen LogP contribution is 2.16. The van der Waals surface area contributed by atoms with Crippen LogP contribution in [0.15, 0.2) is 36.9 Å². The molecule has 4 nitrogen and oxygen atoms in total. The van der Waals surface area contributed by atoms with Gasteiger partial charge in [-0.05, 0) is 63.4 Å². The fourth-order valence-corrected chi connectivity index (χ4v) is 3.38. The molecule has 0 atom stereocenters. The summed E-state index contributed by atoms with van der Waals surface area (Å²) in [7, 11) is 2.11. The minimum absolute atomic E-state index is 0.115. The summed E-state index contributed by atoms with van der Waals surface area (Å²) in [5, 5.41) is 0. The van der Waals surface area contributed by atoms with Crippen molar-refractivity contribution in [3.63, 3.8) is 0 Å². The number of likely N-dealkylation sites (N-methyl/N-ethyl adjacent to an activating group) is 1. The van der Waals surface area contributed by atoms with E-state index < -0.39 is 0 Å². The summed E-state index contributed by atoms with van der Waals surface area (Å²) in [5.41, 5.74) is 0.860. The highest BCUT2D eigenvalue weighted by atomic mass is 19.1. The Morgan fingerprint density at radius 1 is 1.26 bits per heavy atom. The molecule has 1 aliphatic rings. The van der Waals surface area contributed by atoms with E-state index in [1.165, 1.54) is 25.0 Å². The van der Waals surface area contributed by atoms with Crippen molar-refractivity contribution >= 4 is 5.91 Å². The highest BCUT2D eigenvalue weighted by Gasteiger charge is 2.23. The van der Waals surface area contributed by atoms with Crippen molar-refractivity contribution in [3.05, 3.63) is 48.3 Å². The Morgan fingerprint density at radius 3 is 2.63 bits per heavy atom. The van der Waals surface area contributed by atoms with Gasteiger partial charge in [-0.1, -0.05) is 18.2 Å². The standard InChI is InChI=1S/C22H33FN2O2/c1-3-13-24(2)14-5-4-6-17-27-21-11-15-25(16-12-21)22(26)18-19-7-9-20(23)10-8-19/h3,7-10,21H,1,4-6,11-18H2,2H3. The first kappa shape index (κ1) is 21.6. The second-order valence-electron chi connectivity index (χ2n) is 7.37. The van der Waals surface area contributed by atoms with Gasteiger partial charge in [0.2, 0.25) is 5.91 Å². The molecule has 1 fully saturated rings. The molecule has 0 unspecified atom stereocenters. The van der Waals surface area contributed by atoms with E-state index in [-0.39, 0.29) is 17.8 Å². The van der Waals surface area contributed by atoms with Gasteiger partial charge in [0.25, 0.3) is 0 Å². The van der Waals surface area contributed by atoms with Crippen LogP contribution in [0.1, 0.15) is 37.7 Å². The Hall–Kier alpha value is -1.72. The van der Waals surface area contributed by atoms with Crippen LogP contribution in [0.5, 0.6) is 0 Å². The molecule has 0 saturated carbocycles. The first-order valence-electron chi connectivity index (χ1n) is 10.0. The highest BCUT2D eigenvalue weighted by molar-refractivity contribution is 5.78. The quantitative estimate of drug-likeness (QED) is 0.436. The maximum absolute atomic E-state index is 12.9. The summed E-state index contributed by atoms with van der Waals surface area (Å²) in [4.78, 5) is 16.5. The molecule has 0 bridgehead atoms. The number of nitrogens with zero attached hydrogens (tertiary/aromatic N) is 2. The Kier molecular flexibility index (Phi) is 9.50. The molecule has 1 saturated heterocycles. The molecule has 0 radical (unpaired) electrons. The maximum atomic E-state index is 12.9. The number of benzene rings is 1. The van der Waals surface area contributed by atoms with E-state index in [1.807, 2.05) is 11.0 Å². The largest absolute Gasteiger partial charge is 0.378 e. The third-order valence-corrected chi connectivity index (χ3v) is 5.04. The predicted octanol–water partition coefficient (Wildman–Crippen LogP) is 3.66. The zero-order chi connectivity index (χ0) is 19.5. The normalized spacial score (nSPS) is 15.3. The Bertz CT molecular complexity index is 568. The van der Waals surface area contributed by atoms with Crippen LogP contribution in [-0.2, 0) is 16.0 Å². The fourth-order valence-electron chi connectivity index (χ4n) is 3.38. The van der Waals surface area contributed by atoms with Gasteiger partial charge in [0.1, 0.15) is 5.82 Å². The van der Waals surface area contributed by atoms with Crippen molar-refractivity contribution in [1.29, 1.82) is 0 Å². The second-order valence-corrected chi connectivity index (χ2v) is 7.37. The van der Waals surface area contributed by atoms with Gasteiger partial charge in [-0.3, -0.25) is 4.79 Å². The van der Waals surface area contributed by atoms with Crippen molar-refractivity contribution in [3.8, 4) is 0 Å². The van der Waals surface area contributed by atoms with Crippen molar-refractivity contribution in [1.82, 2.24) is 9.80 Å². The first-order valence-corrected chi connectivity index (χ1v) is 10.0. The van der Waals surface area contributed by atoms with Gasteiger partial charge in [-0.2, -0.15) is 0 Å². The topological polar surface area (TPSA) is 32.8 Å². The van der Waals surface area contributed by atoms with E-state index in [4.69, 9.17) is 4.74 Å². The Morgan fingerprint density at radius 2 is 1.96 bits per heavy atom. The summed E-state index contributed by atoms with van der Waals surface area (Å²) >= 11 is 0. The van der Waals surface area contributed by atoms with Gasteiger partial charge < -0.3 is 14.5 Å². The molecule has 27 heavy (non-hydrogen) atoms. The molecule has 1 aliphatic heterocycles. The summed E-state index contributed by atoms with van der Waals surface area (Å²) in [6.07, 6.45) is 7.79. The van der Waals surface area contributed by atoms with E-state index >= 15 is 0 Å². The van der Waals surface area contributed by atoms with Crippen LogP contribution in [0.25, 0.3) is 0 Å². The average Bonchev–Trinajstić information content (AvgIpc) is 2.67. The number of piperidine rings is 1. The van der Waals surface area contributed by atoms with Crippen LogP contribution in [0.2, 0.25) is 0 Å². The second kappa shape index (κ2) is 11.9. The summed E-state index contributed by atoms with van der Waals surface area (Å²) in [5.74, 6) is -0.156. The zero-order valence-electron chi connectivity index (χ0n) is 16.5. The lowest BCUT2D eigenvalue weighted by Crippen LogP contribution is -2.41. The molecule has 0 spiro atoms. The molecule has 1 heterocycles. The molecular weight excluding hydrogens is 343 g/mol. The number of hydrogen-bond acceptors (Lipinski definition) is 3. The number of carbonyl (C=O) groups excluding carboxylic acids is 1. The predicted molar refractivity (Wildman–Crippen MR) is 107 cm³/mol. The summed E-state index contributed by atoms with van der Waals surface area (Å²) in [6.45, 7) is 8.09. The molecule has 2 rings (SSSR count). The number of carbonyl (C=O) groups is 1. The molecule has 1 aromatic rings. The van der Waals surface area contributed by atoms with E-state index in [9.17, 15) is 9.18 Å². The SMILES string of the molecule is C=CCN(C)CCCCCOC1CCN(C(=O)Cc2ccc(F)cc2)CC1. The van der Waals surface area contributed by atoms with E-state index in [0.29, 0.717) is 6.42 Å². The van der Waals surface area contributed by atoms with Crippen LogP contribution in [0.3, 0.4) is 0 Å². The lowest BCUT2D eigenvalue weighted by Gasteiger charge is -2.32. The third kappa shape index (κ3) is 8.22. The van der Waals surface area contributed by atoms with Crippen molar-refractivity contribution < 1.29 is 13.9 Å². The fraction of sp³-hybridized carbons (Fsp3) is 0.591. The molecule has 0 aliphatic carbocycles. The molecule has 1 amide bonds. The number of ether oxygens (including phenoxy) is 1. The Labute approximate surface area is 163 Å². The van der Waals surface area contributed by atoms with E-state index in [0.717, 1.165) is 57.6 Å². The van der Waals surface area contributed by atoms with Gasteiger partial charge in [-0.25, -0.2) is 4.39 Å². The summed E-state index contributed by atoms with van der Waals surface area (Å²) < 4.78 is 18.9. The third-order valence-electron chi connectivity index (χ3n) is 5.04. The number of unbranched alkanes of at least 4 members (excludes halogenated alkanes) is 2. The minimum atomic E-state index is -0.270. The van der Waals surface area contributed by atoms with Gasteiger partial charge >= 0.3 is 0 Å². The van der Waals surface area contributed by atoms with E-state index in [2.05, 4.69) is 18.5 Å². The molecule has 1 aromatic carbocycles. The minimum Gasteiger partial charge on any atom is -0.378 e. The molecule has 0 N–H and O–H groups in total. The van der Waals surface area contributed by atoms with Gasteiger partial charge in [-0.15, -0.1) is 6.58 Å². The summed E-state index contributed by atoms with van der Waals surface area (Å²) in [6, 6.07) is 6.16. The average molecular weight is 377 g/mol. The molecule has 150 valence electrons. The van der Waals surface area contributed by atoms with Crippen LogP contribution in [0, 0.1) is 5.82 Å². The van der Waals surface area contributed by atoms with Crippen molar-refractivity contribution in [2.24, 2.45) is 0 Å².